The molecule has 0 saturated carbocycles. The van der Waals surface area contributed by atoms with Crippen molar-refractivity contribution in [1.29, 1.82) is 0 Å². The molecule has 0 aliphatic rings. The summed E-state index contributed by atoms with van der Waals surface area (Å²) in [4.78, 5) is 4.88. The molecule has 0 N–H and O–H groups in total. The number of rotatable bonds is 4. The molecule has 0 radical (unpaired) electrons. The first-order valence-corrected chi connectivity index (χ1v) is 9.91. The van der Waals surface area contributed by atoms with Gasteiger partial charge in [0.25, 0.3) is 0 Å². The summed E-state index contributed by atoms with van der Waals surface area (Å²) in [5.74, 6) is 0.921. The number of hydrogen-bond acceptors (Lipinski definition) is 1. The van der Waals surface area contributed by atoms with Crippen LogP contribution in [0.3, 0.4) is 0 Å². The van der Waals surface area contributed by atoms with Gasteiger partial charge in [0.1, 0.15) is 5.82 Å². The van der Waals surface area contributed by atoms with E-state index in [1.165, 1.54) is 16.7 Å². The van der Waals surface area contributed by atoms with Gasteiger partial charge in [-0.15, -0.1) is 0 Å². The average molecular weight is 407 g/mol. The van der Waals surface area contributed by atoms with Crippen molar-refractivity contribution in [2.75, 3.05) is 0 Å². The SMILES string of the molecule is Cc1cc2nc(/C=C/c3ccc(Cl)cc3)n(Cc3ccc(Cl)cc3)c2cc1C. The predicted octanol–water partition coefficient (Wildman–Crippen LogP) is 7.18. The maximum Gasteiger partial charge on any atom is 0.134 e. The van der Waals surface area contributed by atoms with Crippen LogP contribution in [-0.2, 0) is 6.54 Å². The molecule has 140 valence electrons. The van der Waals surface area contributed by atoms with E-state index >= 15 is 0 Å². The molecule has 1 heterocycles. The Morgan fingerprint density at radius 3 is 2.11 bits per heavy atom. The third-order valence-corrected chi connectivity index (χ3v) is 5.45. The fourth-order valence-corrected chi connectivity index (χ4v) is 3.46. The molecular weight excluding hydrogens is 387 g/mol. The van der Waals surface area contributed by atoms with Crippen LogP contribution in [0, 0.1) is 13.8 Å². The van der Waals surface area contributed by atoms with Crippen LogP contribution in [0.25, 0.3) is 23.2 Å². The van der Waals surface area contributed by atoms with Gasteiger partial charge in [-0.3, -0.25) is 0 Å². The number of aryl methyl sites for hydroxylation is 2. The quantitative estimate of drug-likeness (QED) is 0.350. The van der Waals surface area contributed by atoms with E-state index < -0.39 is 0 Å². The van der Waals surface area contributed by atoms with Gasteiger partial charge >= 0.3 is 0 Å². The predicted molar refractivity (Wildman–Crippen MR) is 120 cm³/mol. The first-order chi connectivity index (χ1) is 13.5. The monoisotopic (exact) mass is 406 g/mol. The molecule has 4 aromatic rings. The number of benzene rings is 3. The highest BCUT2D eigenvalue weighted by molar-refractivity contribution is 6.30. The first-order valence-electron chi connectivity index (χ1n) is 9.15. The van der Waals surface area contributed by atoms with Crippen molar-refractivity contribution in [3.63, 3.8) is 0 Å². The third-order valence-electron chi connectivity index (χ3n) is 4.94. The summed E-state index contributed by atoms with van der Waals surface area (Å²) in [5.41, 5.74) is 6.92. The van der Waals surface area contributed by atoms with E-state index in [2.05, 4.69) is 54.8 Å². The fraction of sp³-hybridized carbons (Fsp3) is 0.125. The average Bonchev–Trinajstić information content (AvgIpc) is 3.00. The second-order valence-electron chi connectivity index (χ2n) is 6.99. The molecular formula is C24H20Cl2N2. The lowest BCUT2D eigenvalue weighted by molar-refractivity contribution is 0.813. The molecule has 0 amide bonds. The van der Waals surface area contributed by atoms with Gasteiger partial charge in [0.15, 0.2) is 0 Å². The largest absolute Gasteiger partial charge is 0.320 e. The van der Waals surface area contributed by atoms with Crippen molar-refractivity contribution >= 4 is 46.4 Å². The highest BCUT2D eigenvalue weighted by Gasteiger charge is 2.11. The van der Waals surface area contributed by atoms with E-state index in [1.807, 2.05) is 36.4 Å². The minimum atomic E-state index is 0.733. The summed E-state index contributed by atoms with van der Waals surface area (Å²) in [7, 11) is 0. The molecule has 0 aliphatic carbocycles. The van der Waals surface area contributed by atoms with E-state index in [9.17, 15) is 0 Å². The summed E-state index contributed by atoms with van der Waals surface area (Å²) in [5, 5.41) is 1.48. The minimum absolute atomic E-state index is 0.733. The zero-order valence-electron chi connectivity index (χ0n) is 15.8. The number of fused-ring (bicyclic) bond motifs is 1. The maximum absolute atomic E-state index is 6.05. The summed E-state index contributed by atoms with van der Waals surface area (Å²) < 4.78 is 2.25. The van der Waals surface area contributed by atoms with Crippen LogP contribution in [-0.4, -0.2) is 9.55 Å². The lowest BCUT2D eigenvalue weighted by atomic mass is 10.1. The van der Waals surface area contributed by atoms with Gasteiger partial charge in [0.2, 0.25) is 0 Å². The molecule has 1 aromatic heterocycles. The number of hydrogen-bond donors (Lipinski definition) is 0. The standard InChI is InChI=1S/C24H20Cl2N2/c1-16-13-22-23(14-17(16)2)28(15-19-5-10-21(26)11-6-19)24(27-22)12-7-18-3-8-20(25)9-4-18/h3-14H,15H2,1-2H3/b12-7+. The molecule has 3 aromatic carbocycles. The summed E-state index contributed by atoms with van der Waals surface area (Å²) in [6, 6.07) is 20.1. The molecule has 0 aliphatic heterocycles. The molecule has 0 atom stereocenters. The Balaban J connectivity index is 1.79. The van der Waals surface area contributed by atoms with Gasteiger partial charge in [-0.05, 0) is 78.6 Å². The Kier molecular flexibility index (Phi) is 5.25. The van der Waals surface area contributed by atoms with Gasteiger partial charge < -0.3 is 4.57 Å². The summed E-state index contributed by atoms with van der Waals surface area (Å²) in [6.45, 7) is 4.99. The zero-order valence-corrected chi connectivity index (χ0v) is 17.3. The third kappa shape index (κ3) is 3.99. The van der Waals surface area contributed by atoms with Crippen molar-refractivity contribution in [2.24, 2.45) is 0 Å². The van der Waals surface area contributed by atoms with Gasteiger partial charge in [0.05, 0.1) is 11.0 Å². The van der Waals surface area contributed by atoms with E-state index in [0.717, 1.165) is 39.0 Å². The van der Waals surface area contributed by atoms with Crippen molar-refractivity contribution in [1.82, 2.24) is 9.55 Å². The number of halogens is 2. The first kappa shape index (κ1) is 18.8. The Hall–Kier alpha value is -2.55. The summed E-state index contributed by atoms with van der Waals surface area (Å²) in [6.07, 6.45) is 4.12. The summed E-state index contributed by atoms with van der Waals surface area (Å²) >= 11 is 12.0. The number of aromatic nitrogens is 2. The van der Waals surface area contributed by atoms with Crippen LogP contribution in [0.1, 0.15) is 28.1 Å². The van der Waals surface area contributed by atoms with Crippen molar-refractivity contribution < 1.29 is 0 Å². The minimum Gasteiger partial charge on any atom is -0.320 e. The highest BCUT2D eigenvalue weighted by atomic mass is 35.5. The van der Waals surface area contributed by atoms with Crippen LogP contribution < -0.4 is 0 Å². The molecule has 0 spiro atoms. The Morgan fingerprint density at radius 1 is 0.821 bits per heavy atom. The number of imidazole rings is 1. The van der Waals surface area contributed by atoms with Crippen LogP contribution in [0.2, 0.25) is 10.0 Å². The Labute approximate surface area is 175 Å². The molecule has 0 unspecified atom stereocenters. The zero-order chi connectivity index (χ0) is 19.7. The van der Waals surface area contributed by atoms with Crippen molar-refractivity contribution in [3.8, 4) is 0 Å². The van der Waals surface area contributed by atoms with Crippen molar-refractivity contribution in [2.45, 2.75) is 20.4 Å². The van der Waals surface area contributed by atoms with Gasteiger partial charge in [-0.2, -0.15) is 0 Å². The van der Waals surface area contributed by atoms with Gasteiger partial charge in [-0.25, -0.2) is 4.98 Å². The Bertz CT molecular complexity index is 1150. The van der Waals surface area contributed by atoms with E-state index in [4.69, 9.17) is 28.2 Å². The molecule has 4 rings (SSSR count). The van der Waals surface area contributed by atoms with Crippen LogP contribution in [0.4, 0.5) is 0 Å². The van der Waals surface area contributed by atoms with E-state index in [0.29, 0.717) is 0 Å². The van der Waals surface area contributed by atoms with Gasteiger partial charge in [-0.1, -0.05) is 53.5 Å². The number of nitrogens with zero attached hydrogens (tertiary/aromatic N) is 2. The Morgan fingerprint density at radius 2 is 1.43 bits per heavy atom. The van der Waals surface area contributed by atoms with Crippen molar-refractivity contribution in [3.05, 3.63) is 98.8 Å². The second-order valence-corrected chi connectivity index (χ2v) is 7.87. The topological polar surface area (TPSA) is 17.8 Å². The lowest BCUT2D eigenvalue weighted by Crippen LogP contribution is -2.02. The molecule has 2 nitrogen and oxygen atoms in total. The molecule has 0 saturated heterocycles. The van der Waals surface area contributed by atoms with E-state index in [-0.39, 0.29) is 0 Å². The second kappa shape index (κ2) is 7.83. The molecule has 0 fully saturated rings. The highest BCUT2D eigenvalue weighted by Crippen LogP contribution is 2.24. The molecule has 28 heavy (non-hydrogen) atoms. The van der Waals surface area contributed by atoms with E-state index in [1.54, 1.807) is 0 Å². The lowest BCUT2D eigenvalue weighted by Gasteiger charge is -2.09. The molecule has 0 bridgehead atoms. The van der Waals surface area contributed by atoms with Crippen LogP contribution in [0.5, 0.6) is 0 Å². The fourth-order valence-electron chi connectivity index (χ4n) is 3.21. The smallest absolute Gasteiger partial charge is 0.134 e. The van der Waals surface area contributed by atoms with Crippen LogP contribution >= 0.6 is 23.2 Å². The normalized spacial score (nSPS) is 11.6. The van der Waals surface area contributed by atoms with Gasteiger partial charge in [0, 0.05) is 16.6 Å². The maximum atomic E-state index is 6.05. The molecule has 4 heteroatoms. The van der Waals surface area contributed by atoms with Crippen LogP contribution in [0.15, 0.2) is 60.7 Å².